The molecule has 1 aromatic carbocycles. The molecule has 5 heteroatoms. The van der Waals surface area contributed by atoms with Gasteiger partial charge in [-0.15, -0.1) is 0 Å². The third kappa shape index (κ3) is 2.36. The van der Waals surface area contributed by atoms with Crippen LogP contribution in [0.4, 0.5) is 5.69 Å². The van der Waals surface area contributed by atoms with Gasteiger partial charge in [-0.05, 0) is 62.6 Å². The number of anilines is 1. The summed E-state index contributed by atoms with van der Waals surface area (Å²) in [6, 6.07) is 3.78. The van der Waals surface area contributed by atoms with Crippen LogP contribution in [0.25, 0.3) is 0 Å². The smallest absolute Gasteiger partial charge is 0.245 e. The van der Waals surface area contributed by atoms with Gasteiger partial charge in [0.25, 0.3) is 0 Å². The molecule has 0 radical (unpaired) electrons. The van der Waals surface area contributed by atoms with Gasteiger partial charge in [0.05, 0.1) is 5.69 Å². The fourth-order valence-electron chi connectivity index (χ4n) is 3.98. The zero-order chi connectivity index (χ0) is 15.2. The minimum absolute atomic E-state index is 0.183. The van der Waals surface area contributed by atoms with Crippen LogP contribution >= 0.6 is 0 Å². The van der Waals surface area contributed by atoms with Crippen molar-refractivity contribution < 1.29 is 8.42 Å². The van der Waals surface area contributed by atoms with Crippen molar-refractivity contribution in [3.8, 4) is 0 Å². The Morgan fingerprint density at radius 1 is 1.14 bits per heavy atom. The number of benzene rings is 1. The van der Waals surface area contributed by atoms with Gasteiger partial charge in [0.1, 0.15) is 4.90 Å². The van der Waals surface area contributed by atoms with E-state index in [2.05, 4.69) is 0 Å². The minimum atomic E-state index is -3.49. The van der Waals surface area contributed by atoms with Gasteiger partial charge in [-0.25, -0.2) is 8.42 Å². The molecule has 1 saturated heterocycles. The van der Waals surface area contributed by atoms with Gasteiger partial charge in [0, 0.05) is 12.6 Å². The maximum Gasteiger partial charge on any atom is 0.245 e. The zero-order valence-corrected chi connectivity index (χ0v) is 13.6. The summed E-state index contributed by atoms with van der Waals surface area (Å²) in [5.41, 5.74) is 8.15. The number of sulfonamides is 1. The van der Waals surface area contributed by atoms with Crippen molar-refractivity contribution in [2.24, 2.45) is 5.92 Å². The highest BCUT2D eigenvalue weighted by molar-refractivity contribution is 7.89. The summed E-state index contributed by atoms with van der Waals surface area (Å²) in [6.45, 7) is 4.42. The highest BCUT2D eigenvalue weighted by Crippen LogP contribution is 2.40. The highest BCUT2D eigenvalue weighted by atomic mass is 32.2. The van der Waals surface area contributed by atoms with E-state index < -0.39 is 10.0 Å². The molecule has 1 saturated carbocycles. The van der Waals surface area contributed by atoms with Crippen molar-refractivity contribution in [1.29, 1.82) is 0 Å². The molecule has 3 rings (SSSR count). The second-order valence-corrected chi connectivity index (χ2v) is 8.27. The molecule has 2 N–H and O–H groups in total. The van der Waals surface area contributed by atoms with Crippen molar-refractivity contribution in [3.63, 3.8) is 0 Å². The molecule has 1 aliphatic heterocycles. The number of aryl methyl sites for hydroxylation is 1. The Kier molecular flexibility index (Phi) is 3.74. The van der Waals surface area contributed by atoms with Crippen molar-refractivity contribution in [2.75, 3.05) is 12.3 Å². The Morgan fingerprint density at radius 3 is 2.62 bits per heavy atom. The maximum absolute atomic E-state index is 13.2. The predicted molar refractivity (Wildman–Crippen MR) is 84.6 cm³/mol. The predicted octanol–water partition coefficient (Wildman–Crippen LogP) is 2.84. The fraction of sp³-hybridized carbons (Fsp3) is 0.625. The molecule has 2 unspecified atom stereocenters. The molecule has 0 amide bonds. The van der Waals surface area contributed by atoms with Crippen LogP contribution < -0.4 is 5.73 Å². The molecule has 116 valence electrons. The lowest BCUT2D eigenvalue weighted by molar-refractivity contribution is 0.202. The average Bonchev–Trinajstić information content (AvgIpc) is 2.91. The van der Waals surface area contributed by atoms with E-state index in [4.69, 9.17) is 5.73 Å². The van der Waals surface area contributed by atoms with E-state index >= 15 is 0 Å². The third-order valence-electron chi connectivity index (χ3n) is 5.22. The van der Waals surface area contributed by atoms with Crippen LogP contribution in [0.2, 0.25) is 0 Å². The number of hydrogen-bond donors (Lipinski definition) is 1. The van der Waals surface area contributed by atoms with Crippen LogP contribution in [0.3, 0.4) is 0 Å². The van der Waals surface area contributed by atoms with Crippen LogP contribution in [0.1, 0.15) is 43.2 Å². The normalized spacial score (nSPS) is 26.8. The molecular formula is C16H24N2O2S. The van der Waals surface area contributed by atoms with E-state index in [1.807, 2.05) is 19.9 Å². The number of piperidine rings is 1. The fourth-order valence-corrected chi connectivity index (χ4v) is 6.13. The lowest BCUT2D eigenvalue weighted by Gasteiger charge is -2.37. The summed E-state index contributed by atoms with van der Waals surface area (Å²) in [4.78, 5) is 0.329. The van der Waals surface area contributed by atoms with Gasteiger partial charge >= 0.3 is 0 Å². The van der Waals surface area contributed by atoms with Crippen LogP contribution in [0.15, 0.2) is 17.0 Å². The molecule has 1 heterocycles. The lowest BCUT2D eigenvalue weighted by Crippen LogP contribution is -2.46. The molecule has 2 aliphatic rings. The largest absolute Gasteiger partial charge is 0.398 e. The number of nitrogens with two attached hydrogens (primary N) is 1. The topological polar surface area (TPSA) is 63.4 Å². The summed E-state index contributed by atoms with van der Waals surface area (Å²) in [6.07, 6.45) is 5.43. The Hall–Kier alpha value is -1.07. The third-order valence-corrected chi connectivity index (χ3v) is 7.34. The number of fused-ring (bicyclic) bond motifs is 1. The molecule has 0 bridgehead atoms. The summed E-state index contributed by atoms with van der Waals surface area (Å²) >= 11 is 0. The maximum atomic E-state index is 13.2. The van der Waals surface area contributed by atoms with Crippen molar-refractivity contribution >= 4 is 15.7 Å². The molecule has 21 heavy (non-hydrogen) atoms. The second kappa shape index (κ2) is 5.29. The Bertz CT molecular complexity index is 654. The van der Waals surface area contributed by atoms with Gasteiger partial charge < -0.3 is 5.73 Å². The molecule has 4 nitrogen and oxygen atoms in total. The first-order valence-corrected chi connectivity index (χ1v) is 9.24. The van der Waals surface area contributed by atoms with Crippen LogP contribution in [0.5, 0.6) is 0 Å². The van der Waals surface area contributed by atoms with E-state index in [9.17, 15) is 8.42 Å². The van der Waals surface area contributed by atoms with E-state index in [1.54, 1.807) is 10.4 Å². The van der Waals surface area contributed by atoms with Crippen LogP contribution in [-0.2, 0) is 10.0 Å². The van der Waals surface area contributed by atoms with Gasteiger partial charge in [0.15, 0.2) is 0 Å². The summed E-state index contributed by atoms with van der Waals surface area (Å²) in [7, 11) is -3.49. The SMILES string of the molecule is Cc1ccc(N)c(S(=O)(=O)N2CCCC3CCCC32)c1C. The lowest BCUT2D eigenvalue weighted by atomic mass is 9.94. The summed E-state index contributed by atoms with van der Waals surface area (Å²) < 4.78 is 28.1. The zero-order valence-electron chi connectivity index (χ0n) is 12.8. The molecule has 1 aliphatic carbocycles. The first-order chi connectivity index (χ1) is 9.93. The summed E-state index contributed by atoms with van der Waals surface area (Å²) in [5, 5.41) is 0. The Morgan fingerprint density at radius 2 is 1.86 bits per heavy atom. The molecule has 2 atom stereocenters. The van der Waals surface area contributed by atoms with E-state index in [0.29, 0.717) is 23.0 Å². The van der Waals surface area contributed by atoms with Crippen molar-refractivity contribution in [3.05, 3.63) is 23.3 Å². The Balaban J connectivity index is 2.06. The van der Waals surface area contributed by atoms with Gasteiger partial charge in [0.2, 0.25) is 10.0 Å². The second-order valence-electron chi connectivity index (χ2n) is 6.44. The van der Waals surface area contributed by atoms with Gasteiger partial charge in [-0.3, -0.25) is 0 Å². The standard InChI is InChI=1S/C16H24N2O2S/c1-11-8-9-14(17)16(12(11)2)21(19,20)18-10-4-6-13-5-3-7-15(13)18/h8-9,13,15H,3-7,10,17H2,1-2H3. The molecule has 0 aromatic heterocycles. The Labute approximate surface area is 127 Å². The van der Waals surface area contributed by atoms with Crippen molar-refractivity contribution in [1.82, 2.24) is 4.31 Å². The molecular weight excluding hydrogens is 284 g/mol. The quantitative estimate of drug-likeness (QED) is 0.855. The van der Waals surface area contributed by atoms with Crippen LogP contribution in [-0.4, -0.2) is 25.3 Å². The van der Waals surface area contributed by atoms with E-state index in [1.165, 1.54) is 12.8 Å². The first kappa shape index (κ1) is 14.9. The molecule has 2 fully saturated rings. The van der Waals surface area contributed by atoms with Crippen molar-refractivity contribution in [2.45, 2.75) is 56.9 Å². The number of rotatable bonds is 2. The van der Waals surface area contributed by atoms with Gasteiger partial charge in [-0.2, -0.15) is 4.31 Å². The molecule has 1 aromatic rings. The number of nitrogens with zero attached hydrogens (tertiary/aromatic N) is 1. The van der Waals surface area contributed by atoms with E-state index in [-0.39, 0.29) is 6.04 Å². The first-order valence-electron chi connectivity index (χ1n) is 7.80. The van der Waals surface area contributed by atoms with Crippen LogP contribution in [0, 0.1) is 19.8 Å². The highest BCUT2D eigenvalue weighted by Gasteiger charge is 2.42. The van der Waals surface area contributed by atoms with Gasteiger partial charge in [-0.1, -0.05) is 12.5 Å². The molecule has 0 spiro atoms. The number of hydrogen-bond acceptors (Lipinski definition) is 3. The minimum Gasteiger partial charge on any atom is -0.398 e. The average molecular weight is 308 g/mol. The summed E-state index contributed by atoms with van der Waals surface area (Å²) in [5.74, 6) is 0.542. The monoisotopic (exact) mass is 308 g/mol. The van der Waals surface area contributed by atoms with E-state index in [0.717, 1.165) is 30.4 Å². The number of nitrogen functional groups attached to an aromatic ring is 1.